The van der Waals surface area contributed by atoms with Crippen LogP contribution in [0.15, 0.2) is 5.38 Å². The van der Waals surface area contributed by atoms with Crippen LogP contribution in [0.2, 0.25) is 0 Å². The Kier molecular flexibility index (Phi) is 4.57. The normalized spacial score (nSPS) is 29.8. The third kappa shape index (κ3) is 3.12. The van der Waals surface area contributed by atoms with Gasteiger partial charge in [0.25, 0.3) is 0 Å². The number of hydrogen-bond donors (Lipinski definition) is 1. The molecule has 21 heavy (non-hydrogen) atoms. The van der Waals surface area contributed by atoms with Gasteiger partial charge in [-0.05, 0) is 38.5 Å². The number of carbonyl (C=O) groups excluding carboxylic acids is 1. The molecule has 2 heterocycles. The molecule has 5 nitrogen and oxygen atoms in total. The van der Waals surface area contributed by atoms with Crippen molar-refractivity contribution in [3.63, 3.8) is 0 Å². The van der Waals surface area contributed by atoms with Crippen molar-refractivity contribution in [2.24, 2.45) is 11.8 Å². The van der Waals surface area contributed by atoms with Crippen LogP contribution in [0.4, 0.5) is 0 Å². The van der Waals surface area contributed by atoms with Crippen molar-refractivity contribution in [3.8, 4) is 0 Å². The molecule has 2 fully saturated rings. The van der Waals surface area contributed by atoms with Gasteiger partial charge in [-0.1, -0.05) is 0 Å². The quantitative estimate of drug-likeness (QED) is 0.931. The van der Waals surface area contributed by atoms with E-state index in [0.717, 1.165) is 42.8 Å². The molecule has 1 aliphatic heterocycles. The van der Waals surface area contributed by atoms with E-state index in [-0.39, 0.29) is 24.5 Å². The summed E-state index contributed by atoms with van der Waals surface area (Å²) in [5, 5.41) is 13.8. The number of carbonyl (C=O) groups is 1. The number of aliphatic hydroxyl groups is 1. The molecular weight excluding hydrogens is 288 g/mol. The summed E-state index contributed by atoms with van der Waals surface area (Å²) in [5.41, 5.74) is 0.951. The van der Waals surface area contributed by atoms with Crippen LogP contribution in [0.25, 0.3) is 0 Å². The van der Waals surface area contributed by atoms with E-state index >= 15 is 0 Å². The number of aliphatic hydroxyl groups excluding tert-OH is 1. The van der Waals surface area contributed by atoms with E-state index < -0.39 is 0 Å². The van der Waals surface area contributed by atoms with Crippen LogP contribution in [0.1, 0.15) is 48.8 Å². The molecule has 1 amide bonds. The largest absolute Gasteiger partial charge is 0.396 e. The second-order valence-electron chi connectivity index (χ2n) is 5.99. The van der Waals surface area contributed by atoms with E-state index in [1.54, 1.807) is 16.4 Å². The zero-order valence-corrected chi connectivity index (χ0v) is 13.1. The van der Waals surface area contributed by atoms with Gasteiger partial charge in [-0.25, -0.2) is 10.0 Å². The Balaban J connectivity index is 1.66. The predicted octanol–water partition coefficient (Wildman–Crippen LogP) is 2.46. The van der Waals surface area contributed by atoms with Gasteiger partial charge in [-0.3, -0.25) is 9.63 Å². The molecule has 116 valence electrons. The maximum atomic E-state index is 12.7. The van der Waals surface area contributed by atoms with Crippen LogP contribution in [0.3, 0.4) is 0 Å². The second kappa shape index (κ2) is 6.42. The highest BCUT2D eigenvalue weighted by molar-refractivity contribution is 7.09. The van der Waals surface area contributed by atoms with E-state index in [0.29, 0.717) is 12.5 Å². The lowest BCUT2D eigenvalue weighted by molar-refractivity contribution is -0.183. The standard InChI is InChI=1S/C15H22N2O3S/c1-10-16-13(9-21-10)14-6-7-20-17(14)15(19)12-4-2-11(8-18)3-5-12/h9,11-12,14,18H,2-8H2,1H3/t11?,12?,14-/m0/s1. The van der Waals surface area contributed by atoms with Crippen molar-refractivity contribution in [2.45, 2.75) is 45.1 Å². The number of aryl methyl sites for hydroxylation is 1. The van der Waals surface area contributed by atoms with E-state index in [9.17, 15) is 9.90 Å². The lowest BCUT2D eigenvalue weighted by Gasteiger charge is -2.30. The molecule has 0 unspecified atom stereocenters. The van der Waals surface area contributed by atoms with Crippen molar-refractivity contribution in [2.75, 3.05) is 13.2 Å². The van der Waals surface area contributed by atoms with Crippen LogP contribution in [0, 0.1) is 18.8 Å². The molecule has 0 spiro atoms. The third-order valence-electron chi connectivity index (χ3n) is 4.55. The average Bonchev–Trinajstić information content (AvgIpc) is 3.15. The topological polar surface area (TPSA) is 62.7 Å². The first-order valence-electron chi connectivity index (χ1n) is 7.68. The Morgan fingerprint density at radius 3 is 2.81 bits per heavy atom. The lowest BCUT2D eigenvalue weighted by Crippen LogP contribution is -2.37. The number of hydroxylamine groups is 2. The fraction of sp³-hybridized carbons (Fsp3) is 0.733. The van der Waals surface area contributed by atoms with Crippen LogP contribution in [-0.4, -0.2) is 34.3 Å². The summed E-state index contributed by atoms with van der Waals surface area (Å²) in [6.07, 6.45) is 4.39. The van der Waals surface area contributed by atoms with Crippen LogP contribution in [-0.2, 0) is 9.63 Å². The molecule has 1 aromatic heterocycles. The number of thiazole rings is 1. The Morgan fingerprint density at radius 1 is 1.43 bits per heavy atom. The van der Waals surface area contributed by atoms with Gasteiger partial charge in [-0.15, -0.1) is 11.3 Å². The van der Waals surface area contributed by atoms with E-state index in [2.05, 4.69) is 4.98 Å². The first-order valence-corrected chi connectivity index (χ1v) is 8.56. The fourth-order valence-electron chi connectivity index (χ4n) is 3.26. The highest BCUT2D eigenvalue weighted by Crippen LogP contribution is 2.36. The highest BCUT2D eigenvalue weighted by Gasteiger charge is 2.37. The van der Waals surface area contributed by atoms with Gasteiger partial charge in [0.1, 0.15) is 6.04 Å². The molecule has 1 saturated heterocycles. The van der Waals surface area contributed by atoms with E-state index in [1.165, 1.54) is 0 Å². The summed E-state index contributed by atoms with van der Waals surface area (Å²) >= 11 is 1.61. The molecule has 1 saturated carbocycles. The van der Waals surface area contributed by atoms with Crippen LogP contribution >= 0.6 is 11.3 Å². The Labute approximate surface area is 128 Å². The van der Waals surface area contributed by atoms with Crippen molar-refractivity contribution in [1.82, 2.24) is 10.0 Å². The number of aromatic nitrogens is 1. The summed E-state index contributed by atoms with van der Waals surface area (Å²) in [4.78, 5) is 22.8. The predicted molar refractivity (Wildman–Crippen MR) is 79.5 cm³/mol. The third-order valence-corrected chi connectivity index (χ3v) is 5.35. The molecule has 0 aromatic carbocycles. The van der Waals surface area contributed by atoms with Crippen LogP contribution in [0.5, 0.6) is 0 Å². The summed E-state index contributed by atoms with van der Waals surface area (Å²) in [7, 11) is 0. The van der Waals surface area contributed by atoms with Crippen molar-refractivity contribution < 1.29 is 14.7 Å². The molecule has 1 aliphatic carbocycles. The van der Waals surface area contributed by atoms with Crippen molar-refractivity contribution in [1.29, 1.82) is 0 Å². The van der Waals surface area contributed by atoms with Crippen molar-refractivity contribution in [3.05, 3.63) is 16.1 Å². The maximum absolute atomic E-state index is 12.7. The van der Waals surface area contributed by atoms with Gasteiger partial charge < -0.3 is 5.11 Å². The van der Waals surface area contributed by atoms with Gasteiger partial charge >= 0.3 is 0 Å². The number of amides is 1. The molecule has 0 radical (unpaired) electrons. The first kappa shape index (κ1) is 14.9. The summed E-state index contributed by atoms with van der Waals surface area (Å²) in [6.45, 7) is 2.80. The van der Waals surface area contributed by atoms with E-state index in [1.807, 2.05) is 12.3 Å². The number of rotatable bonds is 3. The maximum Gasteiger partial charge on any atom is 0.249 e. The molecule has 6 heteroatoms. The Bertz CT molecular complexity index is 497. The molecule has 2 aliphatic rings. The zero-order chi connectivity index (χ0) is 14.8. The van der Waals surface area contributed by atoms with Gasteiger partial charge in [0.2, 0.25) is 5.91 Å². The van der Waals surface area contributed by atoms with Crippen LogP contribution < -0.4 is 0 Å². The first-order chi connectivity index (χ1) is 10.2. The molecule has 0 bridgehead atoms. The summed E-state index contributed by atoms with van der Waals surface area (Å²) in [5.74, 6) is 0.498. The smallest absolute Gasteiger partial charge is 0.249 e. The van der Waals surface area contributed by atoms with Gasteiger partial charge in [0.05, 0.1) is 17.3 Å². The fourth-order valence-corrected chi connectivity index (χ4v) is 3.92. The minimum atomic E-state index is -0.0296. The Hall–Kier alpha value is -0.980. The van der Waals surface area contributed by atoms with E-state index in [4.69, 9.17) is 4.84 Å². The second-order valence-corrected chi connectivity index (χ2v) is 7.06. The minimum Gasteiger partial charge on any atom is -0.396 e. The zero-order valence-electron chi connectivity index (χ0n) is 12.3. The molecule has 1 N–H and O–H groups in total. The number of nitrogens with zero attached hydrogens (tertiary/aromatic N) is 2. The number of hydrogen-bond acceptors (Lipinski definition) is 5. The molecular formula is C15H22N2O3S. The SMILES string of the molecule is Cc1nc([C@@H]2CCON2C(=O)C2CCC(CO)CC2)cs1. The highest BCUT2D eigenvalue weighted by atomic mass is 32.1. The van der Waals surface area contributed by atoms with Gasteiger partial charge in [0.15, 0.2) is 0 Å². The van der Waals surface area contributed by atoms with Crippen molar-refractivity contribution >= 4 is 17.2 Å². The molecule has 1 aromatic rings. The summed E-state index contributed by atoms with van der Waals surface area (Å²) in [6, 6.07) is -0.0296. The monoisotopic (exact) mass is 310 g/mol. The Morgan fingerprint density at radius 2 is 2.19 bits per heavy atom. The molecule has 3 rings (SSSR count). The van der Waals surface area contributed by atoms with Gasteiger partial charge in [0, 0.05) is 24.3 Å². The summed E-state index contributed by atoms with van der Waals surface area (Å²) < 4.78 is 0. The lowest BCUT2D eigenvalue weighted by atomic mass is 9.82. The molecule has 1 atom stereocenters. The van der Waals surface area contributed by atoms with Gasteiger partial charge in [-0.2, -0.15) is 0 Å². The average molecular weight is 310 g/mol. The minimum absolute atomic E-state index is 0.0296.